The fourth-order valence-electron chi connectivity index (χ4n) is 1.19. The minimum Gasteiger partial charge on any atom is -0.658 e. The topological polar surface area (TPSA) is 28.2 Å². The zero-order valence-electron chi connectivity index (χ0n) is 11.9. The molecule has 15 heavy (non-hydrogen) atoms. The van der Waals surface area contributed by atoms with Gasteiger partial charge in [-0.25, -0.2) is 0 Å². The summed E-state index contributed by atoms with van der Waals surface area (Å²) in [5, 5.41) is 8.56. The average molecular weight is 266 g/mol. The average Bonchev–Trinajstić information content (AvgIpc) is 1.79. The van der Waals surface area contributed by atoms with Crippen LogP contribution in [0.25, 0.3) is 10.6 Å². The van der Waals surface area contributed by atoms with Gasteiger partial charge < -0.3 is 10.6 Å². The molecular formula is C12H28N2Zn. The largest absolute Gasteiger partial charge is 2.00 e. The Hall–Kier alpha value is 0.543. The second-order valence-electron chi connectivity index (χ2n) is 4.67. The summed E-state index contributed by atoms with van der Waals surface area (Å²) in [6, 6.07) is 2.00. The van der Waals surface area contributed by atoms with Crippen molar-refractivity contribution in [3.8, 4) is 0 Å². The zero-order chi connectivity index (χ0) is 11.7. The molecule has 0 radical (unpaired) electrons. The summed E-state index contributed by atoms with van der Waals surface area (Å²) in [7, 11) is 0. The molecule has 0 rings (SSSR count). The van der Waals surface area contributed by atoms with Gasteiger partial charge in [-0.2, -0.15) is 0 Å². The molecule has 0 saturated heterocycles. The van der Waals surface area contributed by atoms with Crippen molar-refractivity contribution in [1.82, 2.24) is 0 Å². The third-order valence-corrected chi connectivity index (χ3v) is 1.19. The first kappa shape index (κ1) is 20.9. The SMILES string of the molecule is CC(C)[N-]C(C)C.CC(C)[N-]C(C)C.[Zn+2]. The van der Waals surface area contributed by atoms with Crippen molar-refractivity contribution in [2.75, 3.05) is 0 Å². The fourth-order valence-corrected chi connectivity index (χ4v) is 1.19. The van der Waals surface area contributed by atoms with Crippen LogP contribution in [0.4, 0.5) is 0 Å². The van der Waals surface area contributed by atoms with Gasteiger partial charge in [-0.05, 0) is 0 Å². The standard InChI is InChI=1S/2C6H14N.Zn/c2*1-5(2)7-6(3)4;/h2*5-6H,1-4H3;/q2*-1;+2. The van der Waals surface area contributed by atoms with Gasteiger partial charge in [-0.3, -0.25) is 0 Å². The molecule has 0 bridgehead atoms. The van der Waals surface area contributed by atoms with Crippen LogP contribution < -0.4 is 0 Å². The van der Waals surface area contributed by atoms with E-state index in [0.717, 1.165) is 0 Å². The molecule has 0 aromatic rings. The van der Waals surface area contributed by atoms with Crippen molar-refractivity contribution in [3.05, 3.63) is 10.6 Å². The van der Waals surface area contributed by atoms with Crippen molar-refractivity contribution in [2.45, 2.75) is 79.6 Å². The van der Waals surface area contributed by atoms with E-state index in [1.54, 1.807) is 0 Å². The first-order chi connectivity index (χ1) is 6.25. The van der Waals surface area contributed by atoms with E-state index in [1.165, 1.54) is 0 Å². The third-order valence-electron chi connectivity index (χ3n) is 1.19. The van der Waals surface area contributed by atoms with Gasteiger partial charge in [0.15, 0.2) is 0 Å². The minimum atomic E-state index is 0. The predicted octanol–water partition coefficient (Wildman–Crippen LogP) is 4.35. The quantitative estimate of drug-likeness (QED) is 0.676. The predicted molar refractivity (Wildman–Crippen MR) is 67.3 cm³/mol. The van der Waals surface area contributed by atoms with Crippen LogP contribution in [-0.2, 0) is 19.5 Å². The smallest absolute Gasteiger partial charge is 0.658 e. The molecule has 0 heterocycles. The van der Waals surface area contributed by atoms with E-state index in [4.69, 9.17) is 0 Å². The van der Waals surface area contributed by atoms with Crippen LogP contribution in [0.3, 0.4) is 0 Å². The summed E-state index contributed by atoms with van der Waals surface area (Å²) < 4.78 is 0. The van der Waals surface area contributed by atoms with Gasteiger partial charge in [0.2, 0.25) is 0 Å². The van der Waals surface area contributed by atoms with Crippen LogP contribution in [0.2, 0.25) is 0 Å². The van der Waals surface area contributed by atoms with Crippen molar-refractivity contribution in [1.29, 1.82) is 0 Å². The van der Waals surface area contributed by atoms with Crippen LogP contribution >= 0.6 is 0 Å². The number of nitrogens with zero attached hydrogens (tertiary/aromatic N) is 2. The normalized spacial score (nSPS) is 10.4. The summed E-state index contributed by atoms with van der Waals surface area (Å²) >= 11 is 0. The van der Waals surface area contributed by atoms with Gasteiger partial charge in [0, 0.05) is 0 Å². The minimum absolute atomic E-state index is 0. The molecule has 0 aromatic heterocycles. The zero-order valence-corrected chi connectivity index (χ0v) is 14.9. The molecule has 0 unspecified atom stereocenters. The second kappa shape index (κ2) is 12.6. The Morgan fingerprint density at radius 2 is 0.600 bits per heavy atom. The molecule has 0 aliphatic rings. The van der Waals surface area contributed by atoms with Crippen LogP contribution in [0.15, 0.2) is 0 Å². The number of hydrogen-bond acceptors (Lipinski definition) is 0. The number of rotatable bonds is 4. The molecular weight excluding hydrogens is 238 g/mol. The van der Waals surface area contributed by atoms with E-state index < -0.39 is 0 Å². The Morgan fingerprint density at radius 3 is 0.600 bits per heavy atom. The van der Waals surface area contributed by atoms with Gasteiger partial charge >= 0.3 is 19.5 Å². The van der Waals surface area contributed by atoms with E-state index in [2.05, 4.69) is 66.0 Å². The molecule has 0 atom stereocenters. The van der Waals surface area contributed by atoms with Crippen molar-refractivity contribution in [3.63, 3.8) is 0 Å². The van der Waals surface area contributed by atoms with Gasteiger partial charge in [-0.1, -0.05) is 55.4 Å². The molecule has 3 heteroatoms. The molecule has 0 spiro atoms. The molecule has 0 aliphatic heterocycles. The monoisotopic (exact) mass is 264 g/mol. The van der Waals surface area contributed by atoms with Crippen LogP contribution in [-0.4, -0.2) is 24.2 Å². The Labute approximate surface area is 110 Å². The Kier molecular flexibility index (Phi) is 17.6. The van der Waals surface area contributed by atoms with Gasteiger partial charge in [0.25, 0.3) is 0 Å². The Bertz CT molecular complexity index is 86.2. The van der Waals surface area contributed by atoms with Crippen molar-refractivity contribution in [2.24, 2.45) is 0 Å². The molecule has 0 N–H and O–H groups in total. The van der Waals surface area contributed by atoms with Gasteiger partial charge in [0.05, 0.1) is 0 Å². The van der Waals surface area contributed by atoms with E-state index in [0.29, 0.717) is 24.2 Å². The molecule has 0 aromatic carbocycles. The van der Waals surface area contributed by atoms with E-state index >= 15 is 0 Å². The van der Waals surface area contributed by atoms with Crippen LogP contribution in [0.1, 0.15) is 55.4 Å². The van der Waals surface area contributed by atoms with Crippen molar-refractivity contribution < 1.29 is 19.5 Å². The fraction of sp³-hybridized carbons (Fsp3) is 1.00. The summed E-state index contributed by atoms with van der Waals surface area (Å²) in [6.07, 6.45) is 0. The molecule has 88 valence electrons. The Balaban J connectivity index is -0.000000180. The van der Waals surface area contributed by atoms with Crippen molar-refractivity contribution >= 4 is 0 Å². The summed E-state index contributed by atoms with van der Waals surface area (Å²) in [5.41, 5.74) is 0. The van der Waals surface area contributed by atoms with Crippen LogP contribution in [0, 0.1) is 0 Å². The van der Waals surface area contributed by atoms with Crippen LogP contribution in [0.5, 0.6) is 0 Å². The maximum atomic E-state index is 4.28. The first-order valence-electron chi connectivity index (χ1n) is 5.65. The third kappa shape index (κ3) is 31.3. The van der Waals surface area contributed by atoms with E-state index in [1.807, 2.05) is 0 Å². The van der Waals surface area contributed by atoms with Gasteiger partial charge in [0.1, 0.15) is 0 Å². The molecule has 0 amide bonds. The van der Waals surface area contributed by atoms with E-state index in [9.17, 15) is 0 Å². The summed E-state index contributed by atoms with van der Waals surface area (Å²) in [5.74, 6) is 0. The maximum absolute atomic E-state index is 4.28. The first-order valence-corrected chi connectivity index (χ1v) is 5.65. The molecule has 0 aliphatic carbocycles. The number of hydrogen-bond donors (Lipinski definition) is 0. The molecule has 0 fully saturated rings. The summed E-state index contributed by atoms with van der Waals surface area (Å²) in [6.45, 7) is 16.8. The molecule has 0 saturated carbocycles. The summed E-state index contributed by atoms with van der Waals surface area (Å²) in [4.78, 5) is 0. The molecule has 2 nitrogen and oxygen atoms in total. The Morgan fingerprint density at radius 1 is 0.467 bits per heavy atom. The van der Waals surface area contributed by atoms with Gasteiger partial charge in [-0.15, -0.1) is 24.2 Å². The second-order valence-corrected chi connectivity index (χ2v) is 4.67. The maximum Gasteiger partial charge on any atom is 2.00 e. The van der Waals surface area contributed by atoms with E-state index in [-0.39, 0.29) is 19.5 Å².